The molecule has 1 aliphatic heterocycles. The van der Waals surface area contributed by atoms with Crippen LogP contribution in [0.25, 0.3) is 0 Å². The maximum atomic E-state index is 11.8. The number of aryl methyl sites for hydroxylation is 1. The number of nitrogens with zero attached hydrogens (tertiary/aromatic N) is 4. The number of carbonyl (C=O) groups is 1. The summed E-state index contributed by atoms with van der Waals surface area (Å²) in [7, 11) is 1.96. The van der Waals surface area contributed by atoms with E-state index in [1.54, 1.807) is 23.7 Å². The highest BCUT2D eigenvalue weighted by Crippen LogP contribution is 2.24. The summed E-state index contributed by atoms with van der Waals surface area (Å²) in [5.41, 5.74) is 3.63. The lowest BCUT2D eigenvalue weighted by Crippen LogP contribution is -2.31. The molecule has 0 bridgehead atoms. The van der Waals surface area contributed by atoms with Gasteiger partial charge < -0.3 is 20.9 Å². The van der Waals surface area contributed by atoms with E-state index in [4.69, 9.17) is 5.21 Å². The lowest BCUT2D eigenvalue weighted by atomic mass is 9.96. The van der Waals surface area contributed by atoms with Crippen LogP contribution in [0.4, 0.5) is 23.5 Å². The van der Waals surface area contributed by atoms with E-state index < -0.39 is 5.91 Å². The van der Waals surface area contributed by atoms with E-state index in [1.807, 2.05) is 18.9 Å². The van der Waals surface area contributed by atoms with Gasteiger partial charge in [-0.25, -0.2) is 5.48 Å². The number of benzene rings is 1. The Morgan fingerprint density at radius 3 is 2.65 bits per heavy atom. The monoisotopic (exact) mass is 428 g/mol. The van der Waals surface area contributed by atoms with Crippen LogP contribution in [-0.4, -0.2) is 58.8 Å². The van der Waals surface area contributed by atoms with Crippen LogP contribution in [0.1, 0.15) is 43.1 Å². The second-order valence-electron chi connectivity index (χ2n) is 9.13. The van der Waals surface area contributed by atoms with E-state index >= 15 is 0 Å². The van der Waals surface area contributed by atoms with E-state index in [0.29, 0.717) is 29.1 Å². The third kappa shape index (κ3) is 6.25. The fraction of sp³-hybridized carbons (Fsp3) is 0.524. The maximum absolute atomic E-state index is 11.8. The highest BCUT2D eigenvalue weighted by molar-refractivity contribution is 5.94. The van der Waals surface area contributed by atoms with Gasteiger partial charge in [-0.1, -0.05) is 26.8 Å². The SMILES string of the molecule is Cc1ccc(C(=O)NO)cc1Nc1nc(N[C@@H]2CCNC2)nc(N(C)CC(C)(C)C)n1. The standard InChI is InChI=1S/C21H32N8O2/c1-13-6-7-14(17(30)28-31)10-16(13)24-19-25-18(23-15-8-9-22-11-15)26-20(27-19)29(5)12-21(2,3)4/h6-7,10,15,22,31H,8-9,11-12H2,1-5H3,(H,28,30)(H2,23,24,25,26,27)/t15-/m1/s1. The molecule has 1 saturated heterocycles. The number of anilines is 4. The number of nitrogens with one attached hydrogen (secondary N) is 4. The summed E-state index contributed by atoms with van der Waals surface area (Å²) in [5.74, 6) is 0.857. The molecule has 1 aliphatic rings. The minimum atomic E-state index is -0.583. The van der Waals surface area contributed by atoms with E-state index in [1.165, 1.54) is 0 Å². The highest BCUT2D eigenvalue weighted by atomic mass is 16.5. The van der Waals surface area contributed by atoms with Crippen LogP contribution in [0.15, 0.2) is 18.2 Å². The number of hydroxylamine groups is 1. The third-order valence-corrected chi connectivity index (χ3v) is 4.92. The molecule has 1 amide bonds. The Labute approximate surface area is 182 Å². The predicted octanol–water partition coefficient (Wildman–Crippen LogP) is 2.30. The van der Waals surface area contributed by atoms with Crippen LogP contribution in [0.3, 0.4) is 0 Å². The molecule has 0 unspecified atom stereocenters. The first-order valence-corrected chi connectivity index (χ1v) is 10.4. The van der Waals surface area contributed by atoms with Crippen LogP contribution in [0, 0.1) is 12.3 Å². The first kappa shape index (κ1) is 22.7. The molecule has 10 heteroatoms. The lowest BCUT2D eigenvalue weighted by Gasteiger charge is -2.27. The summed E-state index contributed by atoms with van der Waals surface area (Å²) in [6.07, 6.45) is 0.999. The maximum Gasteiger partial charge on any atom is 0.274 e. The minimum Gasteiger partial charge on any atom is -0.350 e. The molecule has 0 radical (unpaired) electrons. The lowest BCUT2D eigenvalue weighted by molar-refractivity contribution is 0.0706. The average molecular weight is 429 g/mol. The van der Waals surface area contributed by atoms with Crippen molar-refractivity contribution in [2.24, 2.45) is 5.41 Å². The van der Waals surface area contributed by atoms with E-state index in [0.717, 1.165) is 31.6 Å². The van der Waals surface area contributed by atoms with Gasteiger partial charge in [0.1, 0.15) is 0 Å². The summed E-state index contributed by atoms with van der Waals surface area (Å²) < 4.78 is 0. The molecule has 1 atom stereocenters. The van der Waals surface area contributed by atoms with Crippen LogP contribution in [0.5, 0.6) is 0 Å². The third-order valence-electron chi connectivity index (χ3n) is 4.92. The molecule has 0 saturated carbocycles. The first-order chi connectivity index (χ1) is 14.6. The summed E-state index contributed by atoms with van der Waals surface area (Å²) >= 11 is 0. The zero-order chi connectivity index (χ0) is 22.6. The Hall–Kier alpha value is -2.98. The number of amides is 1. The molecule has 5 N–H and O–H groups in total. The van der Waals surface area contributed by atoms with Crippen molar-refractivity contribution < 1.29 is 10.0 Å². The fourth-order valence-electron chi connectivity index (χ4n) is 3.48. The van der Waals surface area contributed by atoms with Crippen LogP contribution >= 0.6 is 0 Å². The van der Waals surface area contributed by atoms with Gasteiger partial charge in [-0.05, 0) is 43.0 Å². The molecule has 2 heterocycles. The predicted molar refractivity (Wildman–Crippen MR) is 121 cm³/mol. The van der Waals surface area contributed by atoms with Gasteiger partial charge in [0.05, 0.1) is 0 Å². The van der Waals surface area contributed by atoms with Crippen LogP contribution in [-0.2, 0) is 0 Å². The first-order valence-electron chi connectivity index (χ1n) is 10.4. The second kappa shape index (κ2) is 9.44. The molecule has 1 aromatic carbocycles. The molecule has 3 rings (SSSR count). The van der Waals surface area contributed by atoms with Crippen molar-refractivity contribution in [3.63, 3.8) is 0 Å². The zero-order valence-electron chi connectivity index (χ0n) is 18.8. The van der Waals surface area contributed by atoms with Crippen molar-refractivity contribution in [1.82, 2.24) is 25.7 Å². The number of aromatic nitrogens is 3. The Morgan fingerprint density at radius 1 is 1.26 bits per heavy atom. The van der Waals surface area contributed by atoms with Gasteiger partial charge in [0.15, 0.2) is 0 Å². The second-order valence-corrected chi connectivity index (χ2v) is 9.13. The number of hydrogen-bond acceptors (Lipinski definition) is 9. The Kier molecular flexibility index (Phi) is 6.91. The van der Waals surface area contributed by atoms with Gasteiger partial charge in [-0.15, -0.1) is 0 Å². The molecule has 31 heavy (non-hydrogen) atoms. The fourth-order valence-corrected chi connectivity index (χ4v) is 3.48. The molecule has 168 valence electrons. The Bertz CT molecular complexity index is 922. The van der Waals surface area contributed by atoms with Crippen molar-refractivity contribution in [3.05, 3.63) is 29.3 Å². The smallest absolute Gasteiger partial charge is 0.274 e. The van der Waals surface area contributed by atoms with Gasteiger partial charge in [-0.3, -0.25) is 10.0 Å². The topological polar surface area (TPSA) is 127 Å². The van der Waals surface area contributed by atoms with Gasteiger partial charge in [0, 0.05) is 37.4 Å². The summed E-state index contributed by atoms with van der Waals surface area (Å²) in [4.78, 5) is 27.6. The molecule has 1 fully saturated rings. The van der Waals surface area contributed by atoms with Gasteiger partial charge in [-0.2, -0.15) is 15.0 Å². The van der Waals surface area contributed by atoms with Crippen molar-refractivity contribution in [1.29, 1.82) is 0 Å². The van der Waals surface area contributed by atoms with Gasteiger partial charge in [0.25, 0.3) is 5.91 Å². The minimum absolute atomic E-state index is 0.0700. The van der Waals surface area contributed by atoms with Crippen molar-refractivity contribution in [2.75, 3.05) is 42.2 Å². The van der Waals surface area contributed by atoms with Gasteiger partial charge >= 0.3 is 0 Å². The van der Waals surface area contributed by atoms with E-state index in [2.05, 4.69) is 51.7 Å². The molecule has 10 nitrogen and oxygen atoms in total. The highest BCUT2D eigenvalue weighted by Gasteiger charge is 2.20. The zero-order valence-corrected chi connectivity index (χ0v) is 18.8. The number of hydrogen-bond donors (Lipinski definition) is 5. The van der Waals surface area contributed by atoms with Crippen molar-refractivity contribution >= 4 is 29.4 Å². The Balaban J connectivity index is 1.92. The van der Waals surface area contributed by atoms with Crippen molar-refractivity contribution in [2.45, 2.75) is 40.2 Å². The Morgan fingerprint density at radius 2 is 2.00 bits per heavy atom. The normalized spacial score (nSPS) is 16.1. The summed E-state index contributed by atoms with van der Waals surface area (Å²) in [6, 6.07) is 5.35. The molecule has 0 spiro atoms. The van der Waals surface area contributed by atoms with Crippen molar-refractivity contribution in [3.8, 4) is 0 Å². The molecular weight excluding hydrogens is 396 g/mol. The van der Waals surface area contributed by atoms with Crippen LogP contribution in [0.2, 0.25) is 0 Å². The number of rotatable bonds is 7. The summed E-state index contributed by atoms with van der Waals surface area (Å²) in [6.45, 7) is 11.0. The quantitative estimate of drug-likeness (QED) is 0.333. The summed E-state index contributed by atoms with van der Waals surface area (Å²) in [5, 5.41) is 18.9. The molecular formula is C21H32N8O2. The van der Waals surface area contributed by atoms with Gasteiger partial charge in [0.2, 0.25) is 17.8 Å². The number of carbonyl (C=O) groups excluding carboxylic acids is 1. The van der Waals surface area contributed by atoms with Crippen LogP contribution < -0.4 is 26.3 Å². The molecule has 2 aromatic rings. The average Bonchev–Trinajstić information content (AvgIpc) is 3.20. The molecule has 1 aromatic heterocycles. The molecule has 0 aliphatic carbocycles. The van der Waals surface area contributed by atoms with E-state index in [9.17, 15) is 4.79 Å². The largest absolute Gasteiger partial charge is 0.350 e. The van der Waals surface area contributed by atoms with E-state index in [-0.39, 0.29) is 11.5 Å².